The summed E-state index contributed by atoms with van der Waals surface area (Å²) in [6, 6.07) is 20.4. The minimum Gasteiger partial charge on any atom is -0.497 e. The highest BCUT2D eigenvalue weighted by molar-refractivity contribution is 6.73. The Bertz CT molecular complexity index is 595. The molecule has 0 fully saturated rings. The van der Waals surface area contributed by atoms with Gasteiger partial charge < -0.3 is 9.16 Å². The SMILES string of the molecule is CC[Si](CC)(CC)OCc1cccc(-c2ccc(OC)cc2)c1. The van der Waals surface area contributed by atoms with Gasteiger partial charge in [0.2, 0.25) is 0 Å². The first-order chi connectivity index (χ1) is 11.2. The first-order valence-corrected chi connectivity index (χ1v) is 11.1. The molecule has 0 saturated carbocycles. The molecule has 23 heavy (non-hydrogen) atoms. The molecular formula is C20H28O2Si. The van der Waals surface area contributed by atoms with Gasteiger partial charge in [0.1, 0.15) is 5.75 Å². The van der Waals surface area contributed by atoms with Crippen molar-refractivity contribution in [1.29, 1.82) is 0 Å². The molecule has 0 aliphatic rings. The topological polar surface area (TPSA) is 18.5 Å². The van der Waals surface area contributed by atoms with Crippen LogP contribution < -0.4 is 4.74 Å². The second-order valence-electron chi connectivity index (χ2n) is 5.96. The lowest BCUT2D eigenvalue weighted by atomic mass is 10.0. The summed E-state index contributed by atoms with van der Waals surface area (Å²) in [5, 5.41) is 0. The Balaban J connectivity index is 2.13. The molecule has 124 valence electrons. The van der Waals surface area contributed by atoms with Crippen LogP contribution in [0, 0.1) is 0 Å². The third-order valence-corrected chi connectivity index (χ3v) is 9.45. The van der Waals surface area contributed by atoms with E-state index in [1.807, 2.05) is 12.1 Å². The zero-order chi connectivity index (χ0) is 16.7. The lowest BCUT2D eigenvalue weighted by Crippen LogP contribution is -2.35. The van der Waals surface area contributed by atoms with E-state index >= 15 is 0 Å². The molecule has 0 bridgehead atoms. The van der Waals surface area contributed by atoms with Gasteiger partial charge in [0.05, 0.1) is 13.7 Å². The van der Waals surface area contributed by atoms with Crippen molar-refractivity contribution in [2.75, 3.05) is 7.11 Å². The fourth-order valence-electron chi connectivity index (χ4n) is 2.92. The van der Waals surface area contributed by atoms with Gasteiger partial charge in [0.15, 0.2) is 8.32 Å². The summed E-state index contributed by atoms with van der Waals surface area (Å²) in [6.07, 6.45) is 0. The van der Waals surface area contributed by atoms with Crippen molar-refractivity contribution in [3.63, 3.8) is 0 Å². The predicted molar refractivity (Wildman–Crippen MR) is 100 cm³/mol. The van der Waals surface area contributed by atoms with E-state index in [-0.39, 0.29) is 0 Å². The number of benzene rings is 2. The van der Waals surface area contributed by atoms with Crippen molar-refractivity contribution in [2.45, 2.75) is 45.5 Å². The van der Waals surface area contributed by atoms with Gasteiger partial charge >= 0.3 is 0 Å². The van der Waals surface area contributed by atoms with E-state index in [0.29, 0.717) is 0 Å². The van der Waals surface area contributed by atoms with Crippen LogP contribution in [-0.4, -0.2) is 15.4 Å². The molecule has 0 aliphatic carbocycles. The molecule has 0 heterocycles. The molecule has 2 nitrogen and oxygen atoms in total. The van der Waals surface area contributed by atoms with Crippen molar-refractivity contribution < 1.29 is 9.16 Å². The van der Waals surface area contributed by atoms with E-state index in [1.165, 1.54) is 34.8 Å². The Labute approximate surface area is 141 Å². The summed E-state index contributed by atoms with van der Waals surface area (Å²) in [4.78, 5) is 0. The van der Waals surface area contributed by atoms with E-state index < -0.39 is 8.32 Å². The van der Waals surface area contributed by atoms with Gasteiger partial charge in [0, 0.05) is 0 Å². The molecule has 0 amide bonds. The quantitative estimate of drug-likeness (QED) is 0.563. The monoisotopic (exact) mass is 328 g/mol. The molecule has 0 unspecified atom stereocenters. The molecular weight excluding hydrogens is 300 g/mol. The standard InChI is InChI=1S/C20H28O2Si/c1-5-23(6-2,7-3)22-16-17-9-8-10-19(15-17)18-11-13-20(21-4)14-12-18/h8-15H,5-7,16H2,1-4H3. The summed E-state index contributed by atoms with van der Waals surface area (Å²) in [7, 11) is 0.167. The summed E-state index contributed by atoms with van der Waals surface area (Å²) in [6.45, 7) is 7.54. The fourth-order valence-corrected chi connectivity index (χ4v) is 5.50. The largest absolute Gasteiger partial charge is 0.497 e. The van der Waals surface area contributed by atoms with E-state index in [4.69, 9.17) is 9.16 Å². The Kier molecular flexibility index (Phi) is 6.43. The Morgan fingerprint density at radius 2 is 1.48 bits per heavy atom. The van der Waals surface area contributed by atoms with E-state index in [9.17, 15) is 0 Å². The van der Waals surface area contributed by atoms with Gasteiger partial charge in [-0.2, -0.15) is 0 Å². The number of hydrogen-bond acceptors (Lipinski definition) is 2. The average Bonchev–Trinajstić information content (AvgIpc) is 2.64. The molecule has 0 aliphatic heterocycles. The van der Waals surface area contributed by atoms with Gasteiger partial charge in [-0.15, -0.1) is 0 Å². The average molecular weight is 329 g/mol. The summed E-state index contributed by atoms with van der Waals surface area (Å²) in [5.41, 5.74) is 3.69. The van der Waals surface area contributed by atoms with Crippen LogP contribution in [0.2, 0.25) is 18.1 Å². The first kappa shape index (κ1) is 17.8. The molecule has 0 atom stereocenters. The Morgan fingerprint density at radius 1 is 0.826 bits per heavy atom. The maximum absolute atomic E-state index is 6.41. The molecule has 0 N–H and O–H groups in total. The lowest BCUT2D eigenvalue weighted by Gasteiger charge is -2.28. The zero-order valence-electron chi connectivity index (χ0n) is 14.8. The third-order valence-electron chi connectivity index (χ3n) is 4.83. The second-order valence-corrected chi connectivity index (χ2v) is 10.7. The molecule has 2 aromatic rings. The molecule has 0 radical (unpaired) electrons. The minimum absolute atomic E-state index is 0.728. The number of hydrogen-bond donors (Lipinski definition) is 0. The van der Waals surface area contributed by atoms with Crippen LogP contribution in [0.25, 0.3) is 11.1 Å². The highest BCUT2D eigenvalue weighted by Gasteiger charge is 2.28. The van der Waals surface area contributed by atoms with Crippen LogP contribution in [0.1, 0.15) is 26.3 Å². The van der Waals surface area contributed by atoms with Crippen molar-refractivity contribution in [3.05, 3.63) is 54.1 Å². The Morgan fingerprint density at radius 3 is 2.04 bits per heavy atom. The van der Waals surface area contributed by atoms with Crippen LogP contribution in [0.5, 0.6) is 5.75 Å². The lowest BCUT2D eigenvalue weighted by molar-refractivity contribution is 0.287. The van der Waals surface area contributed by atoms with E-state index in [1.54, 1.807) is 7.11 Å². The molecule has 0 saturated heterocycles. The molecule has 0 spiro atoms. The maximum atomic E-state index is 6.41. The van der Waals surface area contributed by atoms with Crippen LogP contribution >= 0.6 is 0 Å². The van der Waals surface area contributed by atoms with Crippen molar-refractivity contribution >= 4 is 8.32 Å². The normalized spacial score (nSPS) is 11.5. The molecule has 3 heteroatoms. The predicted octanol–water partition coefficient (Wildman–Crippen LogP) is 5.88. The van der Waals surface area contributed by atoms with Gasteiger partial charge in [-0.05, 0) is 53.0 Å². The van der Waals surface area contributed by atoms with Crippen LogP contribution in [-0.2, 0) is 11.0 Å². The number of methoxy groups -OCH3 is 1. The molecule has 0 aromatic heterocycles. The fraction of sp³-hybridized carbons (Fsp3) is 0.400. The van der Waals surface area contributed by atoms with Gasteiger partial charge in [-0.1, -0.05) is 51.1 Å². The molecule has 2 rings (SSSR count). The highest BCUT2D eigenvalue weighted by Crippen LogP contribution is 2.26. The van der Waals surface area contributed by atoms with Crippen molar-refractivity contribution in [1.82, 2.24) is 0 Å². The second kappa shape index (κ2) is 8.32. The van der Waals surface area contributed by atoms with Gasteiger partial charge in [-0.25, -0.2) is 0 Å². The van der Waals surface area contributed by atoms with Crippen LogP contribution in [0.15, 0.2) is 48.5 Å². The molecule has 2 aromatic carbocycles. The van der Waals surface area contributed by atoms with Crippen molar-refractivity contribution in [2.24, 2.45) is 0 Å². The van der Waals surface area contributed by atoms with Gasteiger partial charge in [0.25, 0.3) is 0 Å². The van der Waals surface area contributed by atoms with Crippen molar-refractivity contribution in [3.8, 4) is 16.9 Å². The van der Waals surface area contributed by atoms with E-state index in [2.05, 4.69) is 57.2 Å². The Hall–Kier alpha value is -1.58. The maximum Gasteiger partial charge on any atom is 0.192 e. The minimum atomic E-state index is -1.53. The summed E-state index contributed by atoms with van der Waals surface area (Å²) >= 11 is 0. The van der Waals surface area contributed by atoms with Crippen LogP contribution in [0.3, 0.4) is 0 Å². The highest BCUT2D eigenvalue weighted by atomic mass is 28.4. The zero-order valence-corrected chi connectivity index (χ0v) is 15.8. The summed E-state index contributed by atoms with van der Waals surface area (Å²) < 4.78 is 11.6. The number of rotatable bonds is 8. The summed E-state index contributed by atoms with van der Waals surface area (Å²) in [5.74, 6) is 0.887. The van der Waals surface area contributed by atoms with Gasteiger partial charge in [-0.3, -0.25) is 0 Å². The third kappa shape index (κ3) is 4.46. The number of ether oxygens (including phenoxy) is 1. The first-order valence-electron chi connectivity index (χ1n) is 8.53. The smallest absolute Gasteiger partial charge is 0.192 e. The van der Waals surface area contributed by atoms with E-state index in [0.717, 1.165) is 12.4 Å². The van der Waals surface area contributed by atoms with Crippen LogP contribution in [0.4, 0.5) is 0 Å².